The van der Waals surface area contributed by atoms with E-state index in [1.165, 1.54) is 0 Å². The number of likely N-dealkylation sites (tertiary alicyclic amines) is 1. The van der Waals surface area contributed by atoms with E-state index in [0.717, 1.165) is 24.3 Å². The number of carbonyl (C=O) groups excluding carboxylic acids is 2. The molecule has 26 heavy (non-hydrogen) atoms. The molecule has 1 saturated heterocycles. The Morgan fingerprint density at radius 2 is 2.23 bits per heavy atom. The number of benzene rings is 1. The predicted octanol–water partition coefficient (Wildman–Crippen LogP) is 2.28. The van der Waals surface area contributed by atoms with Crippen LogP contribution in [0.25, 0.3) is 0 Å². The van der Waals surface area contributed by atoms with Gasteiger partial charge in [-0.1, -0.05) is 11.6 Å². The quantitative estimate of drug-likeness (QED) is 0.866. The van der Waals surface area contributed by atoms with Crippen LogP contribution in [0, 0.1) is 0 Å². The molecule has 2 amide bonds. The van der Waals surface area contributed by atoms with Crippen LogP contribution in [-0.2, 0) is 9.53 Å². The van der Waals surface area contributed by atoms with Crippen molar-refractivity contribution >= 4 is 29.3 Å². The largest absolute Gasteiger partial charge is 0.490 e. The van der Waals surface area contributed by atoms with E-state index in [-0.39, 0.29) is 18.5 Å². The maximum absolute atomic E-state index is 12.8. The summed E-state index contributed by atoms with van der Waals surface area (Å²) in [7, 11) is 0. The van der Waals surface area contributed by atoms with Gasteiger partial charge in [-0.05, 0) is 38.0 Å². The number of ether oxygens (including phenoxy) is 2. The maximum Gasteiger partial charge on any atom is 0.407 e. The van der Waals surface area contributed by atoms with Gasteiger partial charge in [0, 0.05) is 24.2 Å². The molecule has 0 radical (unpaired) electrons. The Morgan fingerprint density at radius 1 is 1.38 bits per heavy atom. The van der Waals surface area contributed by atoms with Crippen LogP contribution >= 0.6 is 11.6 Å². The summed E-state index contributed by atoms with van der Waals surface area (Å²) < 4.78 is 10.6. The minimum Gasteiger partial charge on any atom is -0.490 e. The first-order chi connectivity index (χ1) is 12.6. The molecule has 0 bridgehead atoms. The lowest BCUT2D eigenvalue weighted by atomic mass is 10.1. The average Bonchev–Trinajstić information content (AvgIpc) is 2.62. The number of alkyl carbamates (subject to hydrolysis) is 1. The van der Waals surface area contributed by atoms with Crippen LogP contribution in [0.1, 0.15) is 19.8 Å². The second-order valence-electron chi connectivity index (χ2n) is 6.43. The highest BCUT2D eigenvalue weighted by molar-refractivity contribution is 6.31. The first-order valence-electron chi connectivity index (χ1n) is 8.95. The van der Waals surface area contributed by atoms with Crippen LogP contribution in [0.4, 0.5) is 10.5 Å². The number of carbonyl (C=O) groups is 2. The van der Waals surface area contributed by atoms with E-state index >= 15 is 0 Å². The number of nitrogens with zero attached hydrogens (tertiary/aromatic N) is 2. The van der Waals surface area contributed by atoms with E-state index in [0.29, 0.717) is 37.9 Å². The number of hydrogen-bond donors (Lipinski definition) is 1. The molecule has 1 aromatic carbocycles. The van der Waals surface area contributed by atoms with Gasteiger partial charge in [0.2, 0.25) is 5.91 Å². The van der Waals surface area contributed by atoms with E-state index < -0.39 is 6.09 Å². The molecule has 0 unspecified atom stereocenters. The molecule has 0 aromatic heterocycles. The fraction of sp³-hybridized carbons (Fsp3) is 0.556. The molecule has 3 rings (SSSR count). The van der Waals surface area contributed by atoms with Gasteiger partial charge in [0.05, 0.1) is 25.4 Å². The van der Waals surface area contributed by atoms with Crippen molar-refractivity contribution in [2.75, 3.05) is 44.3 Å². The summed E-state index contributed by atoms with van der Waals surface area (Å²) in [5, 5.41) is 3.44. The van der Waals surface area contributed by atoms with Crippen molar-refractivity contribution in [2.45, 2.75) is 25.8 Å². The lowest BCUT2D eigenvalue weighted by Crippen LogP contribution is -2.52. The summed E-state index contributed by atoms with van der Waals surface area (Å²) in [6.07, 6.45) is 1.27. The highest BCUT2D eigenvalue weighted by Crippen LogP contribution is 2.33. The minimum atomic E-state index is -0.427. The van der Waals surface area contributed by atoms with Crippen LogP contribution in [0.15, 0.2) is 18.2 Å². The van der Waals surface area contributed by atoms with Crippen LogP contribution in [0.3, 0.4) is 0 Å². The second kappa shape index (κ2) is 8.49. The fourth-order valence-electron chi connectivity index (χ4n) is 3.33. The van der Waals surface area contributed by atoms with Gasteiger partial charge in [0.25, 0.3) is 0 Å². The standard InChI is InChI=1S/C18H24ClN3O4/c1-2-25-18(24)20-14-4-3-7-22(11-14)17(23)12-21-8-9-26-16-6-5-13(19)10-15(16)21/h5-6,10,14H,2-4,7-9,11-12H2,1H3,(H,20,24)/t14-/m0/s1. The van der Waals surface area contributed by atoms with Crippen molar-refractivity contribution in [1.29, 1.82) is 0 Å². The number of nitrogens with one attached hydrogen (secondary N) is 1. The molecule has 2 aliphatic heterocycles. The van der Waals surface area contributed by atoms with Crippen molar-refractivity contribution in [1.82, 2.24) is 10.2 Å². The Morgan fingerprint density at radius 3 is 3.04 bits per heavy atom. The van der Waals surface area contributed by atoms with Crippen LogP contribution in [-0.4, -0.2) is 62.3 Å². The Labute approximate surface area is 158 Å². The lowest BCUT2D eigenvalue weighted by molar-refractivity contribution is -0.131. The lowest BCUT2D eigenvalue weighted by Gasteiger charge is -2.36. The zero-order valence-corrected chi connectivity index (χ0v) is 15.6. The average molecular weight is 382 g/mol. The summed E-state index contributed by atoms with van der Waals surface area (Å²) in [6.45, 7) is 4.75. The first kappa shape index (κ1) is 18.6. The van der Waals surface area contributed by atoms with E-state index in [2.05, 4.69) is 5.32 Å². The maximum atomic E-state index is 12.8. The van der Waals surface area contributed by atoms with Crippen molar-refractivity contribution < 1.29 is 19.1 Å². The molecule has 1 aromatic rings. The third-order valence-electron chi connectivity index (χ3n) is 4.58. The Bertz CT molecular complexity index is 670. The molecule has 142 valence electrons. The van der Waals surface area contributed by atoms with Crippen LogP contribution in [0.2, 0.25) is 5.02 Å². The predicted molar refractivity (Wildman–Crippen MR) is 98.9 cm³/mol. The molecular weight excluding hydrogens is 358 g/mol. The van der Waals surface area contributed by atoms with Crippen molar-refractivity contribution in [3.8, 4) is 5.75 Å². The molecule has 2 heterocycles. The van der Waals surface area contributed by atoms with E-state index in [1.807, 2.05) is 17.0 Å². The van der Waals surface area contributed by atoms with Gasteiger partial charge in [-0.3, -0.25) is 4.79 Å². The number of piperidine rings is 1. The first-order valence-corrected chi connectivity index (χ1v) is 9.33. The summed E-state index contributed by atoms with van der Waals surface area (Å²) >= 11 is 6.09. The molecule has 8 heteroatoms. The molecule has 1 fully saturated rings. The second-order valence-corrected chi connectivity index (χ2v) is 6.86. The van der Waals surface area contributed by atoms with Gasteiger partial charge in [-0.15, -0.1) is 0 Å². The van der Waals surface area contributed by atoms with E-state index in [9.17, 15) is 9.59 Å². The number of hydrogen-bond acceptors (Lipinski definition) is 5. The topological polar surface area (TPSA) is 71.1 Å². The Kier molecular flexibility index (Phi) is 6.08. The van der Waals surface area contributed by atoms with Gasteiger partial charge < -0.3 is 24.6 Å². The van der Waals surface area contributed by atoms with E-state index in [4.69, 9.17) is 21.1 Å². The summed E-state index contributed by atoms with van der Waals surface area (Å²) in [5.41, 5.74) is 0.843. The summed E-state index contributed by atoms with van der Waals surface area (Å²) in [6, 6.07) is 5.36. The number of fused-ring (bicyclic) bond motifs is 1. The summed E-state index contributed by atoms with van der Waals surface area (Å²) in [5.74, 6) is 0.780. The van der Waals surface area contributed by atoms with Crippen molar-refractivity contribution in [3.63, 3.8) is 0 Å². The molecule has 0 aliphatic carbocycles. The summed E-state index contributed by atoms with van der Waals surface area (Å²) in [4.78, 5) is 28.2. The zero-order chi connectivity index (χ0) is 18.5. The number of anilines is 1. The number of rotatable bonds is 4. The fourth-order valence-corrected chi connectivity index (χ4v) is 3.50. The van der Waals surface area contributed by atoms with Crippen LogP contribution < -0.4 is 15.0 Å². The van der Waals surface area contributed by atoms with Gasteiger partial charge in [-0.2, -0.15) is 0 Å². The molecule has 1 N–H and O–H groups in total. The van der Waals surface area contributed by atoms with E-state index in [1.54, 1.807) is 17.9 Å². The van der Waals surface area contributed by atoms with Crippen LogP contribution in [0.5, 0.6) is 5.75 Å². The smallest absolute Gasteiger partial charge is 0.407 e. The zero-order valence-electron chi connectivity index (χ0n) is 14.9. The SMILES string of the molecule is CCOC(=O)N[C@H]1CCCN(C(=O)CN2CCOc3ccc(Cl)cc32)C1. The van der Waals surface area contributed by atoms with Gasteiger partial charge in [0.1, 0.15) is 12.4 Å². The van der Waals surface area contributed by atoms with Gasteiger partial charge in [-0.25, -0.2) is 4.79 Å². The van der Waals surface area contributed by atoms with Crippen molar-refractivity contribution in [3.05, 3.63) is 23.2 Å². The van der Waals surface area contributed by atoms with Crippen molar-refractivity contribution in [2.24, 2.45) is 0 Å². The highest BCUT2D eigenvalue weighted by Gasteiger charge is 2.28. The molecule has 0 saturated carbocycles. The Balaban J connectivity index is 1.60. The molecular formula is C18H24ClN3O4. The third-order valence-corrected chi connectivity index (χ3v) is 4.81. The van der Waals surface area contributed by atoms with Gasteiger partial charge >= 0.3 is 6.09 Å². The molecule has 2 aliphatic rings. The number of amides is 2. The normalized spacial score (nSPS) is 19.4. The highest BCUT2D eigenvalue weighted by atomic mass is 35.5. The molecule has 7 nitrogen and oxygen atoms in total. The molecule has 1 atom stereocenters. The van der Waals surface area contributed by atoms with Gasteiger partial charge in [0.15, 0.2) is 0 Å². The number of halogens is 1. The third kappa shape index (κ3) is 4.52. The molecule has 0 spiro atoms. The minimum absolute atomic E-state index is 0.0354. The Hall–Kier alpha value is -2.15. The monoisotopic (exact) mass is 381 g/mol.